The lowest BCUT2D eigenvalue weighted by Gasteiger charge is -2.30. The summed E-state index contributed by atoms with van der Waals surface area (Å²) in [6.45, 7) is 0.568. The average molecular weight is 428 g/mol. The Bertz CT molecular complexity index is 1300. The summed E-state index contributed by atoms with van der Waals surface area (Å²) in [6.07, 6.45) is 0.893. The third kappa shape index (κ3) is 3.74. The van der Waals surface area contributed by atoms with E-state index in [0.29, 0.717) is 13.1 Å². The number of para-hydroxylation sites is 1. The molecule has 1 unspecified atom stereocenters. The molecule has 6 nitrogen and oxygen atoms in total. The minimum absolute atomic E-state index is 0.150. The zero-order chi connectivity index (χ0) is 22.1. The lowest BCUT2D eigenvalue weighted by atomic mass is 10.0. The number of benzene rings is 3. The Hall–Kier alpha value is -3.64. The van der Waals surface area contributed by atoms with Crippen LogP contribution in [0.5, 0.6) is 0 Å². The Morgan fingerprint density at radius 1 is 1.00 bits per heavy atom. The number of nitrogens with zero attached hydrogens (tertiary/aromatic N) is 1. The van der Waals surface area contributed by atoms with Gasteiger partial charge < -0.3 is 20.3 Å². The van der Waals surface area contributed by atoms with Gasteiger partial charge in [0.2, 0.25) is 11.8 Å². The van der Waals surface area contributed by atoms with Gasteiger partial charge in [0, 0.05) is 23.1 Å². The number of amides is 2. The van der Waals surface area contributed by atoms with Crippen LogP contribution in [0.25, 0.3) is 21.7 Å². The van der Waals surface area contributed by atoms with E-state index in [1.165, 1.54) is 10.9 Å². The second-order valence-corrected chi connectivity index (χ2v) is 8.26. The molecule has 3 N–H and O–H groups in total. The molecule has 1 aliphatic heterocycles. The first kappa shape index (κ1) is 20.3. The summed E-state index contributed by atoms with van der Waals surface area (Å²) in [5.41, 5.74) is 4.22. The van der Waals surface area contributed by atoms with E-state index in [9.17, 15) is 14.7 Å². The summed E-state index contributed by atoms with van der Waals surface area (Å²) in [6, 6.07) is 20.9. The first-order valence-electron chi connectivity index (χ1n) is 10.9. The summed E-state index contributed by atoms with van der Waals surface area (Å²) < 4.78 is 0. The number of aliphatic hydroxyl groups is 1. The fraction of sp³-hybridized carbons (Fsp3) is 0.231. The van der Waals surface area contributed by atoms with Crippen LogP contribution >= 0.6 is 0 Å². The Morgan fingerprint density at radius 2 is 1.75 bits per heavy atom. The smallest absolute Gasteiger partial charge is 0.247 e. The largest absolute Gasteiger partial charge is 0.394 e. The van der Waals surface area contributed by atoms with Gasteiger partial charge in [0.25, 0.3) is 0 Å². The molecule has 6 heteroatoms. The van der Waals surface area contributed by atoms with E-state index in [-0.39, 0.29) is 18.2 Å². The van der Waals surface area contributed by atoms with Crippen LogP contribution in [-0.4, -0.2) is 46.0 Å². The van der Waals surface area contributed by atoms with E-state index in [1.54, 1.807) is 4.90 Å². The minimum atomic E-state index is -0.955. The van der Waals surface area contributed by atoms with Crippen molar-refractivity contribution in [3.63, 3.8) is 0 Å². The van der Waals surface area contributed by atoms with E-state index < -0.39 is 12.6 Å². The maximum atomic E-state index is 13.1. The molecule has 1 aliphatic rings. The number of aromatic amines is 1. The highest BCUT2D eigenvalue weighted by Gasteiger charge is 2.29. The number of carbonyl (C=O) groups is 2. The molecule has 2 heterocycles. The van der Waals surface area contributed by atoms with Gasteiger partial charge in [0.1, 0.15) is 6.04 Å². The second kappa shape index (κ2) is 8.48. The average Bonchev–Trinajstić information content (AvgIpc) is 3.20. The number of hydrogen-bond acceptors (Lipinski definition) is 3. The highest BCUT2D eigenvalue weighted by molar-refractivity contribution is 5.93. The van der Waals surface area contributed by atoms with E-state index in [0.717, 1.165) is 34.0 Å². The molecule has 162 valence electrons. The number of carbonyl (C=O) groups excluding carboxylic acids is 2. The molecule has 0 bridgehead atoms. The van der Waals surface area contributed by atoms with Crippen molar-refractivity contribution in [3.8, 4) is 0 Å². The molecule has 1 aromatic heterocycles. The maximum absolute atomic E-state index is 13.1. The van der Waals surface area contributed by atoms with Gasteiger partial charge >= 0.3 is 0 Å². The Balaban J connectivity index is 1.28. The number of aromatic nitrogens is 1. The maximum Gasteiger partial charge on any atom is 0.247 e. The van der Waals surface area contributed by atoms with Gasteiger partial charge in [0.05, 0.1) is 19.6 Å². The Morgan fingerprint density at radius 3 is 2.59 bits per heavy atom. The van der Waals surface area contributed by atoms with Crippen molar-refractivity contribution in [1.29, 1.82) is 0 Å². The SMILES string of the molecule is O=C(Cc1cccc2ccccc12)NC(CO)C(=O)N1CCc2c([nH]c3ccccc23)C1. The molecule has 0 radical (unpaired) electrons. The van der Waals surface area contributed by atoms with E-state index in [4.69, 9.17) is 0 Å². The molecule has 5 rings (SSSR count). The minimum Gasteiger partial charge on any atom is -0.394 e. The molecule has 1 atom stereocenters. The summed E-state index contributed by atoms with van der Waals surface area (Å²) in [7, 11) is 0. The van der Waals surface area contributed by atoms with Crippen molar-refractivity contribution in [2.75, 3.05) is 13.2 Å². The summed E-state index contributed by atoms with van der Waals surface area (Å²) >= 11 is 0. The summed E-state index contributed by atoms with van der Waals surface area (Å²) in [4.78, 5) is 30.9. The Kier molecular flexibility index (Phi) is 5.37. The van der Waals surface area contributed by atoms with E-state index in [1.807, 2.05) is 60.7 Å². The fourth-order valence-electron chi connectivity index (χ4n) is 4.65. The standard InChI is InChI=1S/C26H25N3O3/c30-16-24(28-25(31)14-18-8-5-7-17-6-1-2-9-19(17)18)26(32)29-13-12-21-20-10-3-4-11-22(20)27-23(21)15-29/h1-11,24,27,30H,12-16H2,(H,28,31). The van der Waals surface area contributed by atoms with Crippen molar-refractivity contribution in [2.24, 2.45) is 0 Å². The van der Waals surface area contributed by atoms with Crippen LogP contribution in [0.4, 0.5) is 0 Å². The predicted molar refractivity (Wildman–Crippen MR) is 124 cm³/mol. The molecule has 32 heavy (non-hydrogen) atoms. The molecule has 0 fully saturated rings. The molecule has 0 saturated heterocycles. The second-order valence-electron chi connectivity index (χ2n) is 8.26. The predicted octanol–water partition coefficient (Wildman–Crippen LogP) is 2.93. The highest BCUT2D eigenvalue weighted by atomic mass is 16.3. The lowest BCUT2D eigenvalue weighted by molar-refractivity contribution is -0.138. The van der Waals surface area contributed by atoms with Crippen LogP contribution in [0, 0.1) is 0 Å². The number of H-pyrrole nitrogens is 1. The molecule has 4 aromatic rings. The number of aliphatic hydroxyl groups excluding tert-OH is 1. The van der Waals surface area contributed by atoms with Gasteiger partial charge in [-0.25, -0.2) is 0 Å². The van der Waals surface area contributed by atoms with Gasteiger partial charge in [-0.1, -0.05) is 60.7 Å². The molecule has 3 aromatic carbocycles. The van der Waals surface area contributed by atoms with Crippen LogP contribution < -0.4 is 5.32 Å². The summed E-state index contributed by atoms with van der Waals surface area (Å²) in [5.74, 6) is -0.542. The zero-order valence-electron chi connectivity index (χ0n) is 17.7. The molecular formula is C26H25N3O3. The lowest BCUT2D eigenvalue weighted by Crippen LogP contribution is -2.51. The van der Waals surface area contributed by atoms with E-state index in [2.05, 4.69) is 16.4 Å². The van der Waals surface area contributed by atoms with Gasteiger partial charge in [-0.2, -0.15) is 0 Å². The third-order valence-corrected chi connectivity index (χ3v) is 6.24. The van der Waals surface area contributed by atoms with Crippen LogP contribution in [0.15, 0.2) is 66.7 Å². The van der Waals surface area contributed by atoms with Gasteiger partial charge in [0.15, 0.2) is 0 Å². The zero-order valence-corrected chi connectivity index (χ0v) is 17.7. The van der Waals surface area contributed by atoms with E-state index >= 15 is 0 Å². The molecule has 2 amide bonds. The first-order chi connectivity index (χ1) is 15.6. The fourth-order valence-corrected chi connectivity index (χ4v) is 4.65. The van der Waals surface area contributed by atoms with Crippen molar-refractivity contribution in [1.82, 2.24) is 15.2 Å². The van der Waals surface area contributed by atoms with Crippen LogP contribution in [0.1, 0.15) is 16.8 Å². The van der Waals surface area contributed by atoms with Gasteiger partial charge in [-0.3, -0.25) is 9.59 Å². The first-order valence-corrected chi connectivity index (χ1v) is 10.9. The molecular weight excluding hydrogens is 402 g/mol. The monoisotopic (exact) mass is 427 g/mol. The molecule has 0 saturated carbocycles. The van der Waals surface area contributed by atoms with Crippen molar-refractivity contribution in [3.05, 3.63) is 83.6 Å². The number of fused-ring (bicyclic) bond motifs is 4. The normalized spacial score (nSPS) is 14.3. The van der Waals surface area contributed by atoms with Gasteiger partial charge in [-0.05, 0) is 34.4 Å². The van der Waals surface area contributed by atoms with Crippen molar-refractivity contribution >= 4 is 33.5 Å². The van der Waals surface area contributed by atoms with Crippen molar-refractivity contribution < 1.29 is 14.7 Å². The highest BCUT2D eigenvalue weighted by Crippen LogP contribution is 2.27. The molecule has 0 spiro atoms. The van der Waals surface area contributed by atoms with Crippen LogP contribution in [0.3, 0.4) is 0 Å². The summed E-state index contributed by atoms with van der Waals surface area (Å²) in [5, 5.41) is 15.9. The molecule has 0 aliphatic carbocycles. The topological polar surface area (TPSA) is 85.4 Å². The number of rotatable bonds is 5. The number of nitrogens with one attached hydrogen (secondary N) is 2. The van der Waals surface area contributed by atoms with Gasteiger partial charge in [-0.15, -0.1) is 0 Å². The van der Waals surface area contributed by atoms with Crippen LogP contribution in [-0.2, 0) is 29.0 Å². The third-order valence-electron chi connectivity index (χ3n) is 6.24. The Labute approximate surface area is 185 Å². The van der Waals surface area contributed by atoms with Crippen LogP contribution in [0.2, 0.25) is 0 Å². The quantitative estimate of drug-likeness (QED) is 0.458. The van der Waals surface area contributed by atoms with Crippen molar-refractivity contribution in [2.45, 2.75) is 25.4 Å². The number of hydrogen-bond donors (Lipinski definition) is 3.